The van der Waals surface area contributed by atoms with Crippen LogP contribution in [0.5, 0.6) is 0 Å². The Kier molecular flexibility index (Phi) is 5.43. The molecule has 21 heavy (non-hydrogen) atoms. The van der Waals surface area contributed by atoms with Crippen LogP contribution in [0.1, 0.15) is 22.3 Å². The summed E-state index contributed by atoms with van der Waals surface area (Å²) in [5.74, 6) is 0. The van der Waals surface area contributed by atoms with Crippen molar-refractivity contribution in [3.8, 4) is 0 Å². The zero-order valence-corrected chi connectivity index (χ0v) is 13.6. The molecule has 1 aliphatic heterocycles. The van der Waals surface area contributed by atoms with E-state index in [-0.39, 0.29) is 6.10 Å². The molecule has 114 valence electrons. The van der Waals surface area contributed by atoms with Gasteiger partial charge in [-0.1, -0.05) is 12.1 Å². The van der Waals surface area contributed by atoms with Crippen molar-refractivity contribution in [3.63, 3.8) is 0 Å². The molecule has 0 bridgehead atoms. The Balaban J connectivity index is 1.56. The molecule has 3 nitrogen and oxygen atoms in total. The smallest absolute Gasteiger partial charge is 0.0897 e. The van der Waals surface area contributed by atoms with E-state index in [1.807, 2.05) is 28.8 Å². The fraction of sp³-hybridized carbons (Fsp3) is 0.500. The van der Waals surface area contributed by atoms with Gasteiger partial charge in [-0.15, -0.1) is 22.7 Å². The minimum absolute atomic E-state index is 0.316. The van der Waals surface area contributed by atoms with Crippen LogP contribution in [-0.4, -0.2) is 42.4 Å². The van der Waals surface area contributed by atoms with Gasteiger partial charge in [-0.3, -0.25) is 4.90 Å². The molecule has 3 heterocycles. The van der Waals surface area contributed by atoms with Crippen LogP contribution in [0.2, 0.25) is 0 Å². The highest BCUT2D eigenvalue weighted by molar-refractivity contribution is 7.10. The molecule has 0 saturated carbocycles. The zero-order chi connectivity index (χ0) is 14.5. The second-order valence-electron chi connectivity index (χ2n) is 5.36. The Bertz CT molecular complexity index is 512. The summed E-state index contributed by atoms with van der Waals surface area (Å²) < 4.78 is 5.62. The zero-order valence-electron chi connectivity index (χ0n) is 12.0. The first-order valence-electron chi connectivity index (χ1n) is 7.38. The molecule has 0 radical (unpaired) electrons. The fourth-order valence-electron chi connectivity index (χ4n) is 2.76. The normalized spacial score (nSPS) is 21.5. The number of nitrogens with zero attached hydrogens (tertiary/aromatic N) is 1. The second kappa shape index (κ2) is 7.51. The number of thiophene rings is 2. The molecular formula is C16H21NO2S2. The van der Waals surface area contributed by atoms with Crippen LogP contribution < -0.4 is 0 Å². The third-order valence-corrected chi connectivity index (χ3v) is 5.85. The van der Waals surface area contributed by atoms with Crippen LogP contribution in [0.4, 0.5) is 0 Å². The van der Waals surface area contributed by atoms with Gasteiger partial charge < -0.3 is 9.84 Å². The van der Waals surface area contributed by atoms with E-state index in [0.717, 1.165) is 44.0 Å². The fourth-order valence-corrected chi connectivity index (χ4v) is 4.19. The molecule has 5 heteroatoms. The summed E-state index contributed by atoms with van der Waals surface area (Å²) >= 11 is 3.44. The average molecular weight is 323 g/mol. The molecule has 1 fully saturated rings. The maximum atomic E-state index is 10.4. The number of aliphatic hydroxyl groups is 1. The van der Waals surface area contributed by atoms with Crippen molar-refractivity contribution in [3.05, 3.63) is 44.8 Å². The topological polar surface area (TPSA) is 32.7 Å². The highest BCUT2D eigenvalue weighted by Crippen LogP contribution is 2.26. The molecule has 3 rings (SSSR count). The van der Waals surface area contributed by atoms with Crippen molar-refractivity contribution in [1.29, 1.82) is 0 Å². The lowest BCUT2D eigenvalue weighted by Crippen LogP contribution is -2.46. The van der Waals surface area contributed by atoms with Crippen molar-refractivity contribution < 1.29 is 9.84 Å². The number of rotatable bonds is 6. The average Bonchev–Trinajstić information content (AvgIpc) is 3.20. The predicted octanol–water partition coefficient (Wildman–Crippen LogP) is 3.18. The first-order chi connectivity index (χ1) is 10.3. The van der Waals surface area contributed by atoms with Gasteiger partial charge in [0, 0.05) is 28.9 Å². The standard InChI is InChI=1S/C16H21NO2S2/c18-15(16-4-2-10-21-16)11-13-12-19-8-7-17(13)6-5-14-3-1-9-20-14/h1-4,9-10,13,15,18H,5-8,11-12H2. The van der Waals surface area contributed by atoms with Crippen LogP contribution in [-0.2, 0) is 11.2 Å². The molecule has 0 amide bonds. The van der Waals surface area contributed by atoms with Gasteiger partial charge in [0.1, 0.15) is 0 Å². The minimum atomic E-state index is -0.374. The van der Waals surface area contributed by atoms with Crippen LogP contribution in [0.25, 0.3) is 0 Å². The number of hydrogen-bond acceptors (Lipinski definition) is 5. The first kappa shape index (κ1) is 15.2. The quantitative estimate of drug-likeness (QED) is 0.886. The van der Waals surface area contributed by atoms with E-state index in [1.165, 1.54) is 4.88 Å². The van der Waals surface area contributed by atoms with Crippen molar-refractivity contribution in [1.82, 2.24) is 4.90 Å². The van der Waals surface area contributed by atoms with E-state index >= 15 is 0 Å². The van der Waals surface area contributed by atoms with Gasteiger partial charge in [0.15, 0.2) is 0 Å². The van der Waals surface area contributed by atoms with Gasteiger partial charge in [-0.25, -0.2) is 0 Å². The molecular weight excluding hydrogens is 302 g/mol. The number of morpholine rings is 1. The summed E-state index contributed by atoms with van der Waals surface area (Å²) in [4.78, 5) is 4.96. The molecule has 2 atom stereocenters. The summed E-state index contributed by atoms with van der Waals surface area (Å²) in [6, 6.07) is 8.62. The Morgan fingerprint density at radius 1 is 1.29 bits per heavy atom. The summed E-state index contributed by atoms with van der Waals surface area (Å²) in [6.45, 7) is 3.54. The Labute approximate surface area is 133 Å². The maximum absolute atomic E-state index is 10.4. The van der Waals surface area contributed by atoms with Gasteiger partial charge in [0.05, 0.1) is 19.3 Å². The molecule has 1 N–H and O–H groups in total. The molecule has 0 aliphatic carbocycles. The van der Waals surface area contributed by atoms with E-state index in [1.54, 1.807) is 11.3 Å². The predicted molar refractivity (Wildman–Crippen MR) is 88.1 cm³/mol. The number of aliphatic hydroxyl groups excluding tert-OH is 1. The number of ether oxygens (including phenoxy) is 1. The molecule has 2 unspecified atom stereocenters. The molecule has 0 aromatic carbocycles. The van der Waals surface area contributed by atoms with E-state index in [4.69, 9.17) is 4.74 Å². The van der Waals surface area contributed by atoms with Crippen LogP contribution in [0.3, 0.4) is 0 Å². The van der Waals surface area contributed by atoms with E-state index < -0.39 is 0 Å². The lowest BCUT2D eigenvalue weighted by Gasteiger charge is -2.36. The molecule has 2 aromatic heterocycles. The van der Waals surface area contributed by atoms with Gasteiger partial charge in [0.2, 0.25) is 0 Å². The van der Waals surface area contributed by atoms with Gasteiger partial charge >= 0.3 is 0 Å². The lowest BCUT2D eigenvalue weighted by atomic mass is 10.1. The Morgan fingerprint density at radius 3 is 2.90 bits per heavy atom. The molecule has 1 aliphatic rings. The monoisotopic (exact) mass is 323 g/mol. The summed E-state index contributed by atoms with van der Waals surface area (Å²) in [7, 11) is 0. The SMILES string of the molecule is OC(CC1COCCN1CCc1cccs1)c1cccs1. The number of hydrogen-bond donors (Lipinski definition) is 1. The van der Waals surface area contributed by atoms with Crippen LogP contribution >= 0.6 is 22.7 Å². The molecule has 2 aromatic rings. The molecule has 1 saturated heterocycles. The van der Waals surface area contributed by atoms with Gasteiger partial charge in [-0.2, -0.15) is 0 Å². The van der Waals surface area contributed by atoms with Crippen molar-refractivity contribution in [2.75, 3.05) is 26.3 Å². The van der Waals surface area contributed by atoms with Crippen molar-refractivity contribution in [2.45, 2.75) is 25.0 Å². The van der Waals surface area contributed by atoms with Crippen LogP contribution in [0, 0.1) is 0 Å². The minimum Gasteiger partial charge on any atom is -0.388 e. The van der Waals surface area contributed by atoms with E-state index in [9.17, 15) is 5.11 Å². The highest BCUT2D eigenvalue weighted by Gasteiger charge is 2.26. The van der Waals surface area contributed by atoms with Crippen molar-refractivity contribution >= 4 is 22.7 Å². The van der Waals surface area contributed by atoms with Crippen molar-refractivity contribution in [2.24, 2.45) is 0 Å². The highest BCUT2D eigenvalue weighted by atomic mass is 32.1. The maximum Gasteiger partial charge on any atom is 0.0897 e. The first-order valence-corrected chi connectivity index (χ1v) is 9.14. The summed E-state index contributed by atoms with van der Waals surface area (Å²) in [6.07, 6.45) is 1.47. The van der Waals surface area contributed by atoms with E-state index in [2.05, 4.69) is 22.4 Å². The lowest BCUT2D eigenvalue weighted by molar-refractivity contribution is -0.0251. The second-order valence-corrected chi connectivity index (χ2v) is 7.37. The third kappa shape index (κ3) is 4.14. The largest absolute Gasteiger partial charge is 0.388 e. The van der Waals surface area contributed by atoms with Crippen LogP contribution in [0.15, 0.2) is 35.0 Å². The van der Waals surface area contributed by atoms with Gasteiger partial charge in [0.25, 0.3) is 0 Å². The Morgan fingerprint density at radius 2 is 2.14 bits per heavy atom. The third-order valence-electron chi connectivity index (χ3n) is 3.94. The molecule has 0 spiro atoms. The summed E-state index contributed by atoms with van der Waals surface area (Å²) in [5.41, 5.74) is 0. The van der Waals surface area contributed by atoms with Gasteiger partial charge in [-0.05, 0) is 35.7 Å². The van der Waals surface area contributed by atoms with E-state index in [0.29, 0.717) is 6.04 Å². The Hall–Kier alpha value is -0.720. The summed E-state index contributed by atoms with van der Waals surface area (Å²) in [5, 5.41) is 14.5.